The van der Waals surface area contributed by atoms with E-state index in [4.69, 9.17) is 9.47 Å². The first-order chi connectivity index (χ1) is 13.2. The van der Waals surface area contributed by atoms with E-state index in [0.717, 1.165) is 55.3 Å². The molecule has 1 saturated heterocycles. The summed E-state index contributed by atoms with van der Waals surface area (Å²) in [6.45, 7) is 5.01. The topological polar surface area (TPSA) is 82.4 Å². The normalized spacial score (nSPS) is 15.1. The number of benzene rings is 2. The molecule has 3 aromatic rings. The van der Waals surface area contributed by atoms with Gasteiger partial charge in [-0.2, -0.15) is 0 Å². The molecule has 0 amide bonds. The molecule has 2 heterocycles. The maximum absolute atomic E-state index is 11.4. The zero-order chi connectivity index (χ0) is 18.6. The largest absolute Gasteiger partial charge is 0.496 e. The number of ether oxygens (including phenoxy) is 2. The molecule has 0 aliphatic carbocycles. The molecule has 7 nitrogen and oxygen atoms in total. The number of morpholine rings is 1. The van der Waals surface area contributed by atoms with Crippen molar-refractivity contribution in [2.24, 2.45) is 0 Å². The number of methoxy groups -OCH3 is 1. The lowest BCUT2D eigenvalue weighted by Crippen LogP contribution is -2.35. The van der Waals surface area contributed by atoms with Crippen LogP contribution in [0.1, 0.15) is 11.1 Å². The molecule has 1 fully saturated rings. The van der Waals surface area contributed by atoms with E-state index < -0.39 is 0 Å². The van der Waals surface area contributed by atoms with Gasteiger partial charge in [0, 0.05) is 37.4 Å². The highest BCUT2D eigenvalue weighted by atomic mass is 16.5. The van der Waals surface area contributed by atoms with Crippen LogP contribution < -0.4 is 15.7 Å². The molecule has 142 valence electrons. The summed E-state index contributed by atoms with van der Waals surface area (Å²) in [4.78, 5) is 19.3. The molecule has 1 aromatic heterocycles. The Morgan fingerprint density at radius 3 is 2.74 bits per heavy atom. The highest BCUT2D eigenvalue weighted by molar-refractivity contribution is 5.78. The van der Waals surface area contributed by atoms with Gasteiger partial charge in [0.25, 0.3) is 0 Å². The predicted octanol–water partition coefficient (Wildman–Crippen LogP) is 2.31. The molecule has 1 aliphatic rings. The fourth-order valence-electron chi connectivity index (χ4n) is 3.41. The summed E-state index contributed by atoms with van der Waals surface area (Å²) in [7, 11) is 1.71. The molecule has 27 heavy (non-hydrogen) atoms. The van der Waals surface area contributed by atoms with Crippen molar-refractivity contribution in [3.8, 4) is 5.75 Å². The van der Waals surface area contributed by atoms with Crippen LogP contribution in [-0.2, 0) is 17.8 Å². The Morgan fingerprint density at radius 1 is 1.11 bits per heavy atom. The second-order valence-electron chi connectivity index (χ2n) is 6.73. The summed E-state index contributed by atoms with van der Waals surface area (Å²) in [6.07, 6.45) is 0. The number of nitrogens with one attached hydrogen (secondary N) is 3. The third kappa shape index (κ3) is 4.15. The van der Waals surface area contributed by atoms with Gasteiger partial charge in [0.05, 0.1) is 31.4 Å². The number of aromatic nitrogens is 2. The quantitative estimate of drug-likeness (QED) is 0.622. The summed E-state index contributed by atoms with van der Waals surface area (Å²) in [5, 5.41) is 3.42. The summed E-state index contributed by atoms with van der Waals surface area (Å²) in [5.74, 6) is 0.913. The zero-order valence-corrected chi connectivity index (χ0v) is 15.4. The zero-order valence-electron chi connectivity index (χ0n) is 15.4. The lowest BCUT2D eigenvalue weighted by Gasteiger charge is -2.27. The van der Waals surface area contributed by atoms with Gasteiger partial charge >= 0.3 is 5.69 Å². The summed E-state index contributed by atoms with van der Waals surface area (Å²) in [6, 6.07) is 12.1. The standard InChI is InChI=1S/C20H24N4O3/c1-26-19-5-2-14(10-15(19)13-24-6-8-27-9-7-24)12-21-16-3-4-17-18(11-16)23-20(25)22-17/h2-5,10-11,21H,6-9,12-13H2,1H3,(H2,22,23,25). The molecule has 3 N–H and O–H groups in total. The van der Waals surface area contributed by atoms with Gasteiger partial charge in [-0.15, -0.1) is 0 Å². The van der Waals surface area contributed by atoms with Crippen LogP contribution >= 0.6 is 0 Å². The van der Waals surface area contributed by atoms with Crippen molar-refractivity contribution in [3.63, 3.8) is 0 Å². The molecule has 0 radical (unpaired) electrons. The number of H-pyrrole nitrogens is 2. The van der Waals surface area contributed by atoms with E-state index in [9.17, 15) is 4.79 Å². The molecule has 0 spiro atoms. The van der Waals surface area contributed by atoms with Crippen LogP contribution in [0.25, 0.3) is 11.0 Å². The number of anilines is 1. The van der Waals surface area contributed by atoms with E-state index in [0.29, 0.717) is 6.54 Å². The third-order valence-corrected chi connectivity index (χ3v) is 4.86. The Balaban J connectivity index is 1.47. The first-order valence-electron chi connectivity index (χ1n) is 9.13. The van der Waals surface area contributed by atoms with Crippen molar-refractivity contribution >= 4 is 16.7 Å². The SMILES string of the molecule is COc1ccc(CNc2ccc3[nH]c(=O)[nH]c3c2)cc1CN1CCOCC1. The van der Waals surface area contributed by atoms with Gasteiger partial charge in [-0.1, -0.05) is 6.07 Å². The first kappa shape index (κ1) is 17.6. The van der Waals surface area contributed by atoms with Crippen molar-refractivity contribution < 1.29 is 9.47 Å². The molecule has 4 rings (SSSR count). The number of hydrogen-bond donors (Lipinski definition) is 3. The van der Waals surface area contributed by atoms with Gasteiger partial charge in [0.1, 0.15) is 5.75 Å². The molecule has 2 aromatic carbocycles. The van der Waals surface area contributed by atoms with E-state index in [2.05, 4.69) is 32.3 Å². The Labute approximate surface area is 157 Å². The maximum Gasteiger partial charge on any atom is 0.323 e. The summed E-state index contributed by atoms with van der Waals surface area (Å²) in [5.41, 5.74) is 4.75. The maximum atomic E-state index is 11.4. The average Bonchev–Trinajstić information content (AvgIpc) is 3.06. The number of rotatable bonds is 6. The van der Waals surface area contributed by atoms with Crippen molar-refractivity contribution in [1.29, 1.82) is 0 Å². The van der Waals surface area contributed by atoms with Crippen molar-refractivity contribution in [3.05, 3.63) is 58.0 Å². The van der Waals surface area contributed by atoms with E-state index in [1.54, 1.807) is 7.11 Å². The number of aromatic amines is 2. The third-order valence-electron chi connectivity index (χ3n) is 4.86. The van der Waals surface area contributed by atoms with E-state index in [-0.39, 0.29) is 5.69 Å². The highest BCUT2D eigenvalue weighted by Gasteiger charge is 2.14. The Hall–Kier alpha value is -2.77. The Kier molecular flexibility index (Phi) is 5.13. The van der Waals surface area contributed by atoms with E-state index in [1.807, 2.05) is 24.3 Å². The van der Waals surface area contributed by atoms with Crippen LogP contribution in [0.3, 0.4) is 0 Å². The molecule has 0 atom stereocenters. The van der Waals surface area contributed by atoms with Crippen molar-refractivity contribution in [1.82, 2.24) is 14.9 Å². The molecular formula is C20H24N4O3. The monoisotopic (exact) mass is 368 g/mol. The van der Waals surface area contributed by atoms with Crippen molar-refractivity contribution in [2.45, 2.75) is 13.1 Å². The average molecular weight is 368 g/mol. The molecule has 1 aliphatic heterocycles. The smallest absolute Gasteiger partial charge is 0.323 e. The van der Waals surface area contributed by atoms with Crippen LogP contribution in [-0.4, -0.2) is 48.3 Å². The number of fused-ring (bicyclic) bond motifs is 1. The minimum absolute atomic E-state index is 0.190. The van der Waals surface area contributed by atoms with Crippen LogP contribution in [0.2, 0.25) is 0 Å². The van der Waals surface area contributed by atoms with Crippen LogP contribution in [0, 0.1) is 0 Å². The van der Waals surface area contributed by atoms with E-state index >= 15 is 0 Å². The van der Waals surface area contributed by atoms with Crippen molar-refractivity contribution in [2.75, 3.05) is 38.7 Å². The van der Waals surface area contributed by atoms with Gasteiger partial charge < -0.3 is 24.8 Å². The second-order valence-corrected chi connectivity index (χ2v) is 6.73. The summed E-state index contributed by atoms with van der Waals surface area (Å²) < 4.78 is 11.0. The number of imidazole rings is 1. The van der Waals surface area contributed by atoms with Gasteiger partial charge in [0.15, 0.2) is 0 Å². The first-order valence-corrected chi connectivity index (χ1v) is 9.13. The van der Waals surface area contributed by atoms with Crippen LogP contribution in [0.15, 0.2) is 41.2 Å². The van der Waals surface area contributed by atoms with E-state index in [1.165, 1.54) is 11.1 Å². The fraction of sp³-hybridized carbons (Fsp3) is 0.350. The molecule has 0 saturated carbocycles. The summed E-state index contributed by atoms with van der Waals surface area (Å²) >= 11 is 0. The Bertz CT molecular complexity index is 973. The highest BCUT2D eigenvalue weighted by Crippen LogP contribution is 2.23. The lowest BCUT2D eigenvalue weighted by atomic mass is 10.1. The minimum atomic E-state index is -0.190. The van der Waals surface area contributed by atoms with Gasteiger partial charge in [-0.05, 0) is 35.9 Å². The van der Waals surface area contributed by atoms with Crippen LogP contribution in [0.4, 0.5) is 5.69 Å². The van der Waals surface area contributed by atoms with Gasteiger partial charge in [-0.25, -0.2) is 4.79 Å². The minimum Gasteiger partial charge on any atom is -0.496 e. The van der Waals surface area contributed by atoms with Gasteiger partial charge in [0.2, 0.25) is 0 Å². The number of nitrogens with zero attached hydrogens (tertiary/aromatic N) is 1. The fourth-order valence-corrected chi connectivity index (χ4v) is 3.41. The molecule has 0 unspecified atom stereocenters. The second kappa shape index (κ2) is 7.85. The molecular weight excluding hydrogens is 344 g/mol. The Morgan fingerprint density at radius 2 is 1.93 bits per heavy atom. The predicted molar refractivity (Wildman–Crippen MR) is 105 cm³/mol. The number of hydrogen-bond acceptors (Lipinski definition) is 5. The van der Waals surface area contributed by atoms with Crippen LogP contribution in [0.5, 0.6) is 5.75 Å². The molecule has 0 bridgehead atoms. The molecule has 7 heteroatoms. The van der Waals surface area contributed by atoms with Gasteiger partial charge in [-0.3, -0.25) is 4.90 Å². The lowest BCUT2D eigenvalue weighted by molar-refractivity contribution is 0.0339.